The fourth-order valence-corrected chi connectivity index (χ4v) is 3.90. The molecule has 6 nitrogen and oxygen atoms in total. The molecule has 1 aliphatic carbocycles. The van der Waals surface area contributed by atoms with Crippen molar-refractivity contribution in [2.24, 2.45) is 5.92 Å². The largest absolute Gasteiger partial charge is 0.432 e. The standard InChI is InChI=1S/C20H26N4O2/c1-4-12(9-25)23-19-18-17(21-10-22-19)16-14-7-5-6-13(14)15(8-11(2)3)24-20(16)26-18/h10-12,25H,4-9H2,1-3H3,(H,21,22,23). The Balaban J connectivity index is 1.91. The van der Waals surface area contributed by atoms with E-state index < -0.39 is 0 Å². The van der Waals surface area contributed by atoms with Crippen molar-refractivity contribution in [3.8, 4) is 0 Å². The molecule has 1 aliphatic rings. The Morgan fingerprint density at radius 3 is 2.77 bits per heavy atom. The summed E-state index contributed by atoms with van der Waals surface area (Å²) >= 11 is 0. The van der Waals surface area contributed by atoms with Crippen molar-refractivity contribution in [2.75, 3.05) is 11.9 Å². The van der Waals surface area contributed by atoms with Gasteiger partial charge in [0.05, 0.1) is 18.0 Å². The molecule has 0 bridgehead atoms. The van der Waals surface area contributed by atoms with Gasteiger partial charge in [0.25, 0.3) is 0 Å². The average molecular weight is 354 g/mol. The number of furan rings is 1. The lowest BCUT2D eigenvalue weighted by Crippen LogP contribution is -2.23. The minimum Gasteiger partial charge on any atom is -0.432 e. The molecule has 3 aromatic heterocycles. The molecule has 3 heterocycles. The van der Waals surface area contributed by atoms with E-state index in [0.717, 1.165) is 43.0 Å². The highest BCUT2D eigenvalue weighted by Crippen LogP contribution is 2.38. The van der Waals surface area contributed by atoms with Crippen molar-refractivity contribution in [1.82, 2.24) is 15.0 Å². The highest BCUT2D eigenvalue weighted by molar-refractivity contribution is 6.06. The predicted octanol–water partition coefficient (Wildman–Crippen LogP) is 3.64. The summed E-state index contributed by atoms with van der Waals surface area (Å²) in [6.07, 6.45) is 6.63. The molecular weight excluding hydrogens is 328 g/mol. The predicted molar refractivity (Wildman–Crippen MR) is 102 cm³/mol. The van der Waals surface area contributed by atoms with Gasteiger partial charge in [0.2, 0.25) is 5.71 Å². The van der Waals surface area contributed by atoms with Crippen LogP contribution in [0.25, 0.3) is 22.2 Å². The average Bonchev–Trinajstić information content (AvgIpc) is 3.23. The van der Waals surface area contributed by atoms with E-state index in [4.69, 9.17) is 9.40 Å². The first-order valence-corrected chi connectivity index (χ1v) is 9.57. The molecule has 6 heteroatoms. The fraction of sp³-hybridized carbons (Fsp3) is 0.550. The van der Waals surface area contributed by atoms with E-state index in [1.54, 1.807) is 6.33 Å². The summed E-state index contributed by atoms with van der Waals surface area (Å²) in [6, 6.07) is -0.0588. The van der Waals surface area contributed by atoms with Crippen molar-refractivity contribution < 1.29 is 9.52 Å². The van der Waals surface area contributed by atoms with Crippen LogP contribution in [0.4, 0.5) is 5.82 Å². The summed E-state index contributed by atoms with van der Waals surface area (Å²) in [5, 5.41) is 13.8. The SMILES string of the molecule is CCC(CO)Nc1ncnc2c1oc1nc(CC(C)C)c3c(c12)CCC3. The molecule has 2 N–H and O–H groups in total. The molecular formula is C20H26N4O2. The lowest BCUT2D eigenvalue weighted by molar-refractivity contribution is 0.271. The summed E-state index contributed by atoms with van der Waals surface area (Å²) in [4.78, 5) is 13.7. The molecule has 0 amide bonds. The van der Waals surface area contributed by atoms with E-state index in [9.17, 15) is 5.11 Å². The zero-order valence-electron chi connectivity index (χ0n) is 15.7. The molecule has 0 saturated carbocycles. The highest BCUT2D eigenvalue weighted by Gasteiger charge is 2.26. The van der Waals surface area contributed by atoms with Gasteiger partial charge in [0.15, 0.2) is 11.4 Å². The minimum absolute atomic E-state index is 0.0500. The van der Waals surface area contributed by atoms with Crippen LogP contribution in [0.3, 0.4) is 0 Å². The number of aliphatic hydroxyl groups is 1. The Morgan fingerprint density at radius 2 is 2.04 bits per heavy atom. The number of aryl methyl sites for hydroxylation is 1. The molecule has 1 unspecified atom stereocenters. The van der Waals surface area contributed by atoms with Crippen LogP contribution < -0.4 is 5.32 Å². The van der Waals surface area contributed by atoms with Crippen molar-refractivity contribution in [3.05, 3.63) is 23.1 Å². The van der Waals surface area contributed by atoms with E-state index in [-0.39, 0.29) is 12.6 Å². The van der Waals surface area contributed by atoms with Gasteiger partial charge in [-0.2, -0.15) is 0 Å². The maximum Gasteiger partial charge on any atom is 0.229 e. The van der Waals surface area contributed by atoms with E-state index in [1.807, 2.05) is 6.92 Å². The molecule has 0 fully saturated rings. The van der Waals surface area contributed by atoms with Crippen LogP contribution >= 0.6 is 0 Å². The van der Waals surface area contributed by atoms with E-state index in [0.29, 0.717) is 23.0 Å². The molecule has 138 valence electrons. The number of hydrogen-bond donors (Lipinski definition) is 2. The molecule has 0 aromatic carbocycles. The third kappa shape index (κ3) is 2.82. The number of hydrogen-bond acceptors (Lipinski definition) is 6. The van der Waals surface area contributed by atoms with Gasteiger partial charge < -0.3 is 14.8 Å². The molecule has 0 spiro atoms. The second-order valence-electron chi connectivity index (χ2n) is 7.58. The van der Waals surface area contributed by atoms with Crippen LogP contribution in [0.2, 0.25) is 0 Å². The van der Waals surface area contributed by atoms with Gasteiger partial charge in [-0.1, -0.05) is 20.8 Å². The third-order valence-electron chi connectivity index (χ3n) is 5.21. The number of nitrogens with one attached hydrogen (secondary N) is 1. The summed E-state index contributed by atoms with van der Waals surface area (Å²) in [5.41, 5.74) is 6.04. The van der Waals surface area contributed by atoms with Crippen molar-refractivity contribution >= 4 is 28.0 Å². The zero-order valence-corrected chi connectivity index (χ0v) is 15.7. The number of rotatable bonds is 6. The van der Waals surface area contributed by atoms with Gasteiger partial charge in [0, 0.05) is 5.69 Å². The van der Waals surface area contributed by atoms with Crippen LogP contribution in [-0.4, -0.2) is 32.7 Å². The quantitative estimate of drug-likeness (QED) is 0.703. The second kappa shape index (κ2) is 6.83. The molecule has 4 rings (SSSR count). The van der Waals surface area contributed by atoms with Gasteiger partial charge in [-0.3, -0.25) is 0 Å². The van der Waals surface area contributed by atoms with Gasteiger partial charge in [-0.05, 0) is 49.1 Å². The Bertz CT molecular complexity index is 944. The number of anilines is 1. The minimum atomic E-state index is -0.0588. The Kier molecular flexibility index (Phi) is 4.53. The van der Waals surface area contributed by atoms with Crippen molar-refractivity contribution in [1.29, 1.82) is 0 Å². The van der Waals surface area contributed by atoms with Crippen LogP contribution in [0.15, 0.2) is 10.7 Å². The van der Waals surface area contributed by atoms with Gasteiger partial charge in [-0.25, -0.2) is 15.0 Å². The highest BCUT2D eigenvalue weighted by atomic mass is 16.3. The Hall–Kier alpha value is -2.21. The normalized spacial score (nSPS) is 15.1. The Labute approximate surface area is 153 Å². The monoisotopic (exact) mass is 354 g/mol. The van der Waals surface area contributed by atoms with Gasteiger partial charge in [0.1, 0.15) is 11.8 Å². The summed E-state index contributed by atoms with van der Waals surface area (Å²) in [6.45, 7) is 6.52. The van der Waals surface area contributed by atoms with E-state index in [1.165, 1.54) is 16.8 Å². The first-order chi connectivity index (χ1) is 12.6. The number of nitrogens with zero attached hydrogens (tertiary/aromatic N) is 3. The number of aliphatic hydroxyl groups excluding tert-OH is 1. The van der Waals surface area contributed by atoms with Crippen LogP contribution in [0, 0.1) is 5.92 Å². The first-order valence-electron chi connectivity index (χ1n) is 9.57. The molecule has 0 aliphatic heterocycles. The van der Waals surface area contributed by atoms with Gasteiger partial charge in [-0.15, -0.1) is 0 Å². The summed E-state index contributed by atoms with van der Waals surface area (Å²) in [7, 11) is 0. The van der Waals surface area contributed by atoms with E-state index in [2.05, 4.69) is 29.1 Å². The summed E-state index contributed by atoms with van der Waals surface area (Å²) in [5.74, 6) is 1.19. The third-order valence-corrected chi connectivity index (χ3v) is 5.21. The molecule has 3 aromatic rings. The van der Waals surface area contributed by atoms with E-state index >= 15 is 0 Å². The molecule has 1 atom stereocenters. The topological polar surface area (TPSA) is 84.1 Å². The zero-order chi connectivity index (χ0) is 18.3. The van der Waals surface area contributed by atoms with Gasteiger partial charge >= 0.3 is 0 Å². The molecule has 0 saturated heterocycles. The fourth-order valence-electron chi connectivity index (χ4n) is 3.90. The maximum atomic E-state index is 9.50. The van der Waals surface area contributed by atoms with Crippen LogP contribution in [0.5, 0.6) is 0 Å². The number of aromatic nitrogens is 3. The second-order valence-corrected chi connectivity index (χ2v) is 7.58. The smallest absolute Gasteiger partial charge is 0.229 e. The van der Waals surface area contributed by atoms with Crippen molar-refractivity contribution in [2.45, 2.75) is 58.9 Å². The maximum absolute atomic E-state index is 9.50. The van der Waals surface area contributed by atoms with Crippen LogP contribution in [0.1, 0.15) is 50.4 Å². The lowest BCUT2D eigenvalue weighted by atomic mass is 9.99. The first kappa shape index (κ1) is 17.2. The Morgan fingerprint density at radius 1 is 1.23 bits per heavy atom. The number of fused-ring (bicyclic) bond motifs is 5. The summed E-state index contributed by atoms with van der Waals surface area (Å²) < 4.78 is 6.14. The number of pyridine rings is 1. The van der Waals surface area contributed by atoms with Crippen LogP contribution in [-0.2, 0) is 19.3 Å². The molecule has 26 heavy (non-hydrogen) atoms. The molecule has 0 radical (unpaired) electrons. The van der Waals surface area contributed by atoms with Crippen molar-refractivity contribution in [3.63, 3.8) is 0 Å². The lowest BCUT2D eigenvalue weighted by Gasteiger charge is -2.14.